The average Bonchev–Trinajstić information content (AvgIpc) is 3.07. The first-order chi connectivity index (χ1) is 8.54. The van der Waals surface area contributed by atoms with Crippen molar-refractivity contribution in [1.82, 2.24) is 9.80 Å². The normalized spacial score (nSPS) is 27.1. The molecular formula is C13H20N2O3. The Morgan fingerprint density at radius 1 is 1.44 bits per heavy atom. The fraction of sp³-hybridized carbons (Fsp3) is 0.692. The molecule has 1 saturated heterocycles. The molecule has 18 heavy (non-hydrogen) atoms. The lowest BCUT2D eigenvalue weighted by Gasteiger charge is -2.23. The molecule has 0 bridgehead atoms. The number of carboxylic acid groups (broad SMARTS) is 1. The minimum Gasteiger partial charge on any atom is -0.481 e. The van der Waals surface area contributed by atoms with E-state index in [0.717, 1.165) is 12.8 Å². The molecule has 0 aromatic carbocycles. The van der Waals surface area contributed by atoms with Crippen molar-refractivity contribution >= 4 is 12.0 Å². The number of aliphatic carboxylic acids is 1. The van der Waals surface area contributed by atoms with E-state index in [0.29, 0.717) is 25.6 Å². The summed E-state index contributed by atoms with van der Waals surface area (Å²) in [4.78, 5) is 26.6. The lowest BCUT2D eigenvalue weighted by atomic mass is 9.92. The molecular weight excluding hydrogens is 232 g/mol. The fourth-order valence-corrected chi connectivity index (χ4v) is 2.76. The predicted octanol–water partition coefficient (Wildman–Crippen LogP) is 1.27. The van der Waals surface area contributed by atoms with E-state index in [2.05, 4.69) is 6.58 Å². The van der Waals surface area contributed by atoms with E-state index in [1.807, 2.05) is 0 Å². The van der Waals surface area contributed by atoms with Gasteiger partial charge in [-0.25, -0.2) is 4.79 Å². The molecule has 2 aliphatic rings. The van der Waals surface area contributed by atoms with E-state index < -0.39 is 11.9 Å². The van der Waals surface area contributed by atoms with Crippen molar-refractivity contribution in [1.29, 1.82) is 0 Å². The molecule has 1 aliphatic heterocycles. The fourth-order valence-electron chi connectivity index (χ4n) is 2.76. The Hall–Kier alpha value is -1.52. The van der Waals surface area contributed by atoms with E-state index in [1.165, 1.54) is 0 Å². The summed E-state index contributed by atoms with van der Waals surface area (Å²) in [6.45, 7) is 5.02. The second kappa shape index (κ2) is 5.00. The van der Waals surface area contributed by atoms with E-state index in [9.17, 15) is 14.7 Å². The molecule has 1 saturated carbocycles. The maximum absolute atomic E-state index is 12.1. The molecule has 0 aromatic rings. The third-order valence-electron chi connectivity index (χ3n) is 3.91. The summed E-state index contributed by atoms with van der Waals surface area (Å²) in [6.07, 6.45) is 3.89. The van der Waals surface area contributed by atoms with E-state index in [4.69, 9.17) is 0 Å². The van der Waals surface area contributed by atoms with Gasteiger partial charge in [-0.3, -0.25) is 4.79 Å². The van der Waals surface area contributed by atoms with Crippen LogP contribution in [-0.2, 0) is 4.79 Å². The SMILES string of the molecule is C=CCN(C)C(=O)N1C[C@@H](C(=O)O)[C@H](C2CC2)C1. The van der Waals surface area contributed by atoms with Gasteiger partial charge >= 0.3 is 12.0 Å². The van der Waals surface area contributed by atoms with Gasteiger partial charge in [0.15, 0.2) is 0 Å². The highest BCUT2D eigenvalue weighted by molar-refractivity contribution is 5.77. The molecule has 2 fully saturated rings. The van der Waals surface area contributed by atoms with Gasteiger partial charge < -0.3 is 14.9 Å². The van der Waals surface area contributed by atoms with Crippen LogP contribution >= 0.6 is 0 Å². The average molecular weight is 252 g/mol. The Labute approximate surface area is 107 Å². The zero-order chi connectivity index (χ0) is 13.3. The number of carbonyl (C=O) groups excluding carboxylic acids is 1. The van der Waals surface area contributed by atoms with Gasteiger partial charge in [0.1, 0.15) is 0 Å². The number of carboxylic acids is 1. The van der Waals surface area contributed by atoms with Gasteiger partial charge in [0.25, 0.3) is 0 Å². The van der Waals surface area contributed by atoms with Gasteiger partial charge in [-0.05, 0) is 24.7 Å². The van der Waals surface area contributed by atoms with Gasteiger partial charge in [0.2, 0.25) is 0 Å². The highest BCUT2D eigenvalue weighted by Gasteiger charge is 2.47. The zero-order valence-corrected chi connectivity index (χ0v) is 10.7. The Kier molecular flexibility index (Phi) is 3.59. The molecule has 0 spiro atoms. The smallest absolute Gasteiger partial charge is 0.320 e. The molecule has 2 amide bonds. The van der Waals surface area contributed by atoms with Crippen LogP contribution in [0.25, 0.3) is 0 Å². The molecule has 5 heteroatoms. The maximum Gasteiger partial charge on any atom is 0.320 e. The third kappa shape index (κ3) is 2.49. The van der Waals surface area contributed by atoms with Crippen LogP contribution in [0.4, 0.5) is 4.79 Å². The van der Waals surface area contributed by atoms with Crippen LogP contribution in [0.5, 0.6) is 0 Å². The van der Waals surface area contributed by atoms with Crippen LogP contribution < -0.4 is 0 Å². The molecule has 1 aliphatic carbocycles. The second-order valence-corrected chi connectivity index (χ2v) is 5.30. The molecule has 0 unspecified atom stereocenters. The monoisotopic (exact) mass is 252 g/mol. The summed E-state index contributed by atoms with van der Waals surface area (Å²) in [5.74, 6) is -0.510. The number of hydrogen-bond acceptors (Lipinski definition) is 2. The number of rotatable bonds is 4. The summed E-state index contributed by atoms with van der Waals surface area (Å²) >= 11 is 0. The first-order valence-electron chi connectivity index (χ1n) is 6.38. The maximum atomic E-state index is 12.1. The van der Waals surface area contributed by atoms with Crippen LogP contribution in [0.15, 0.2) is 12.7 Å². The van der Waals surface area contributed by atoms with E-state index >= 15 is 0 Å². The standard InChI is InChI=1S/C13H20N2O3/c1-3-6-14(2)13(18)15-7-10(9-4-5-9)11(8-15)12(16)17/h3,9-11H,1,4-8H2,2H3,(H,16,17)/t10-,11+/m0/s1. The summed E-state index contributed by atoms with van der Waals surface area (Å²) in [5, 5.41) is 9.23. The van der Waals surface area contributed by atoms with Gasteiger partial charge in [-0.1, -0.05) is 6.08 Å². The lowest BCUT2D eigenvalue weighted by molar-refractivity contribution is -0.142. The van der Waals surface area contributed by atoms with Crippen LogP contribution in [-0.4, -0.2) is 53.6 Å². The van der Waals surface area contributed by atoms with Crippen molar-refractivity contribution in [2.75, 3.05) is 26.7 Å². The van der Waals surface area contributed by atoms with Gasteiger partial charge in [-0.15, -0.1) is 6.58 Å². The Morgan fingerprint density at radius 2 is 2.11 bits per heavy atom. The number of amides is 2. The molecule has 2 atom stereocenters. The Morgan fingerprint density at radius 3 is 2.61 bits per heavy atom. The molecule has 100 valence electrons. The predicted molar refractivity (Wildman–Crippen MR) is 67.1 cm³/mol. The number of carbonyl (C=O) groups is 2. The summed E-state index contributed by atoms with van der Waals surface area (Å²) in [7, 11) is 1.71. The molecule has 1 heterocycles. The lowest BCUT2D eigenvalue weighted by Crippen LogP contribution is -2.40. The van der Waals surface area contributed by atoms with Gasteiger partial charge in [-0.2, -0.15) is 0 Å². The second-order valence-electron chi connectivity index (χ2n) is 5.30. The van der Waals surface area contributed by atoms with Crippen LogP contribution in [0.3, 0.4) is 0 Å². The van der Waals surface area contributed by atoms with Gasteiger partial charge in [0.05, 0.1) is 5.92 Å². The molecule has 5 nitrogen and oxygen atoms in total. The number of nitrogens with zero attached hydrogens (tertiary/aromatic N) is 2. The Bertz CT molecular complexity index is 365. The van der Waals surface area contributed by atoms with Crippen molar-refractivity contribution in [2.45, 2.75) is 12.8 Å². The van der Waals surface area contributed by atoms with E-state index in [-0.39, 0.29) is 11.9 Å². The summed E-state index contributed by atoms with van der Waals surface area (Å²) in [6, 6.07) is -0.0932. The zero-order valence-electron chi connectivity index (χ0n) is 10.7. The van der Waals surface area contributed by atoms with Crippen LogP contribution in [0.1, 0.15) is 12.8 Å². The quantitative estimate of drug-likeness (QED) is 0.766. The minimum atomic E-state index is -0.770. The van der Waals surface area contributed by atoms with Crippen molar-refractivity contribution in [3.05, 3.63) is 12.7 Å². The van der Waals surface area contributed by atoms with Crippen molar-refractivity contribution < 1.29 is 14.7 Å². The third-order valence-corrected chi connectivity index (χ3v) is 3.91. The van der Waals surface area contributed by atoms with Crippen LogP contribution in [0, 0.1) is 17.8 Å². The highest BCUT2D eigenvalue weighted by Crippen LogP contribution is 2.44. The largest absolute Gasteiger partial charge is 0.481 e. The topological polar surface area (TPSA) is 60.9 Å². The number of urea groups is 1. The highest BCUT2D eigenvalue weighted by atomic mass is 16.4. The number of likely N-dealkylation sites (tertiary alicyclic amines) is 1. The van der Waals surface area contributed by atoms with Crippen LogP contribution in [0.2, 0.25) is 0 Å². The minimum absolute atomic E-state index is 0.0932. The molecule has 2 rings (SSSR count). The Balaban J connectivity index is 2.01. The number of likely N-dealkylation sites (N-methyl/N-ethyl adjacent to an activating group) is 1. The first-order valence-corrected chi connectivity index (χ1v) is 6.38. The first kappa shape index (κ1) is 12.9. The summed E-state index contributed by atoms with van der Waals surface area (Å²) in [5.41, 5.74) is 0. The summed E-state index contributed by atoms with van der Waals surface area (Å²) < 4.78 is 0. The van der Waals surface area contributed by atoms with Crippen molar-refractivity contribution in [3.8, 4) is 0 Å². The molecule has 0 radical (unpaired) electrons. The van der Waals surface area contributed by atoms with Gasteiger partial charge in [0, 0.05) is 26.7 Å². The number of hydrogen-bond donors (Lipinski definition) is 1. The van der Waals surface area contributed by atoms with E-state index in [1.54, 1.807) is 22.9 Å². The van der Waals surface area contributed by atoms with Crippen molar-refractivity contribution in [2.24, 2.45) is 17.8 Å². The van der Waals surface area contributed by atoms with Crippen molar-refractivity contribution in [3.63, 3.8) is 0 Å². The molecule has 1 N–H and O–H groups in total. The molecule has 0 aromatic heterocycles.